The highest BCUT2D eigenvalue weighted by molar-refractivity contribution is 7.93. The molecule has 1 fully saturated rings. The van der Waals surface area contributed by atoms with Crippen molar-refractivity contribution in [3.8, 4) is 0 Å². The van der Waals surface area contributed by atoms with Crippen molar-refractivity contribution in [1.82, 2.24) is 0 Å². The average Bonchev–Trinajstić information content (AvgIpc) is 2.57. The van der Waals surface area contributed by atoms with Gasteiger partial charge in [-0.05, 0) is 56.0 Å². The number of aryl methyl sites for hydroxylation is 2. The standard InChI is InChI=1S/C18H22N2O4S2/c1-14-7-3-4-8-17(14)19-26(23,24)18-13-16(10-9-15(18)2)20-11-5-6-12-25(20,21)22/h3-4,7-10,13,19H,5-6,11-12H2,1-2H3. The highest BCUT2D eigenvalue weighted by Gasteiger charge is 2.28. The molecule has 0 radical (unpaired) electrons. The molecule has 0 aliphatic carbocycles. The number of nitrogens with zero attached hydrogens (tertiary/aromatic N) is 1. The van der Waals surface area contributed by atoms with Crippen molar-refractivity contribution in [2.24, 2.45) is 0 Å². The van der Waals surface area contributed by atoms with Gasteiger partial charge in [0.2, 0.25) is 10.0 Å². The van der Waals surface area contributed by atoms with Crippen molar-refractivity contribution >= 4 is 31.4 Å². The minimum Gasteiger partial charge on any atom is -0.279 e. The lowest BCUT2D eigenvalue weighted by Gasteiger charge is -2.28. The van der Waals surface area contributed by atoms with E-state index in [0.29, 0.717) is 29.9 Å². The van der Waals surface area contributed by atoms with E-state index in [1.165, 1.54) is 10.4 Å². The summed E-state index contributed by atoms with van der Waals surface area (Å²) in [5, 5.41) is 0. The molecule has 0 atom stereocenters. The average molecular weight is 395 g/mol. The Kier molecular flexibility index (Phi) is 4.98. The zero-order valence-electron chi connectivity index (χ0n) is 14.8. The summed E-state index contributed by atoms with van der Waals surface area (Å²) in [6.45, 7) is 3.89. The molecule has 1 N–H and O–H groups in total. The molecule has 0 saturated carbocycles. The van der Waals surface area contributed by atoms with E-state index >= 15 is 0 Å². The number of hydrogen-bond donors (Lipinski definition) is 1. The fourth-order valence-corrected chi connectivity index (χ4v) is 6.03. The van der Waals surface area contributed by atoms with Gasteiger partial charge in [0.05, 0.1) is 22.0 Å². The van der Waals surface area contributed by atoms with E-state index in [1.54, 1.807) is 31.2 Å². The molecule has 2 aromatic rings. The number of hydrogen-bond acceptors (Lipinski definition) is 4. The lowest BCUT2D eigenvalue weighted by atomic mass is 10.2. The summed E-state index contributed by atoms with van der Waals surface area (Å²) in [5.41, 5.74) is 2.26. The van der Waals surface area contributed by atoms with Crippen LogP contribution in [0.25, 0.3) is 0 Å². The van der Waals surface area contributed by atoms with Crippen LogP contribution in [0.1, 0.15) is 24.0 Å². The van der Waals surface area contributed by atoms with Gasteiger partial charge < -0.3 is 0 Å². The molecule has 6 nitrogen and oxygen atoms in total. The van der Waals surface area contributed by atoms with Crippen LogP contribution < -0.4 is 9.03 Å². The van der Waals surface area contributed by atoms with Crippen LogP contribution in [0.5, 0.6) is 0 Å². The highest BCUT2D eigenvalue weighted by atomic mass is 32.2. The molecular formula is C18H22N2O4S2. The second-order valence-corrected chi connectivity index (χ2v) is 10.1. The Morgan fingerprint density at radius 2 is 1.73 bits per heavy atom. The van der Waals surface area contributed by atoms with Gasteiger partial charge in [-0.3, -0.25) is 9.03 Å². The molecule has 0 unspecified atom stereocenters. The molecule has 0 aromatic heterocycles. The first-order valence-corrected chi connectivity index (χ1v) is 11.5. The van der Waals surface area contributed by atoms with Gasteiger partial charge in [-0.2, -0.15) is 0 Å². The number of sulfonamides is 2. The third kappa shape index (κ3) is 3.71. The summed E-state index contributed by atoms with van der Waals surface area (Å²) < 4.78 is 54.3. The fourth-order valence-electron chi connectivity index (χ4n) is 3.00. The van der Waals surface area contributed by atoms with Crippen molar-refractivity contribution in [3.05, 3.63) is 53.6 Å². The zero-order chi connectivity index (χ0) is 18.9. The van der Waals surface area contributed by atoms with Gasteiger partial charge >= 0.3 is 0 Å². The van der Waals surface area contributed by atoms with Gasteiger partial charge in [0.15, 0.2) is 0 Å². The monoisotopic (exact) mass is 394 g/mol. The van der Waals surface area contributed by atoms with E-state index in [4.69, 9.17) is 0 Å². The second-order valence-electron chi connectivity index (χ2n) is 6.47. The molecule has 1 aliphatic rings. The number of nitrogens with one attached hydrogen (secondary N) is 1. The normalized spacial score (nSPS) is 17.1. The summed E-state index contributed by atoms with van der Waals surface area (Å²) in [7, 11) is -7.24. The van der Waals surface area contributed by atoms with Gasteiger partial charge in [0, 0.05) is 6.54 Å². The summed E-state index contributed by atoms with van der Waals surface area (Å²) >= 11 is 0. The highest BCUT2D eigenvalue weighted by Crippen LogP contribution is 2.29. The quantitative estimate of drug-likeness (QED) is 0.864. The Labute approximate surface area is 155 Å². The van der Waals surface area contributed by atoms with E-state index in [0.717, 1.165) is 12.0 Å². The molecule has 1 heterocycles. The minimum absolute atomic E-state index is 0.0824. The second kappa shape index (κ2) is 6.92. The minimum atomic E-state index is -3.84. The third-order valence-corrected chi connectivity index (χ3v) is 7.86. The van der Waals surface area contributed by atoms with E-state index in [2.05, 4.69) is 4.72 Å². The first-order chi connectivity index (χ1) is 12.2. The molecule has 0 amide bonds. The zero-order valence-corrected chi connectivity index (χ0v) is 16.4. The smallest absolute Gasteiger partial charge is 0.262 e. The van der Waals surface area contributed by atoms with Crippen LogP contribution in [0.3, 0.4) is 0 Å². The van der Waals surface area contributed by atoms with E-state index in [-0.39, 0.29) is 10.6 Å². The number of anilines is 2. The molecule has 26 heavy (non-hydrogen) atoms. The lowest BCUT2D eigenvalue weighted by molar-refractivity contribution is 0.574. The molecule has 1 saturated heterocycles. The Morgan fingerprint density at radius 3 is 2.42 bits per heavy atom. The Balaban J connectivity index is 2.01. The SMILES string of the molecule is Cc1ccccc1NS(=O)(=O)c1cc(N2CCCCS2(=O)=O)ccc1C. The lowest BCUT2D eigenvalue weighted by Crippen LogP contribution is -2.38. The number of rotatable bonds is 4. The van der Waals surface area contributed by atoms with E-state index in [9.17, 15) is 16.8 Å². The Hall–Kier alpha value is -2.06. The van der Waals surface area contributed by atoms with Gasteiger partial charge in [-0.15, -0.1) is 0 Å². The van der Waals surface area contributed by atoms with Crippen LogP contribution in [0.15, 0.2) is 47.4 Å². The van der Waals surface area contributed by atoms with E-state index in [1.807, 2.05) is 19.1 Å². The molecule has 0 spiro atoms. The first kappa shape index (κ1) is 18.7. The van der Waals surface area contributed by atoms with Crippen molar-refractivity contribution in [1.29, 1.82) is 0 Å². The van der Waals surface area contributed by atoms with Crippen LogP contribution in [0.2, 0.25) is 0 Å². The number of para-hydroxylation sites is 1. The largest absolute Gasteiger partial charge is 0.279 e. The van der Waals surface area contributed by atoms with Crippen molar-refractivity contribution in [2.75, 3.05) is 21.3 Å². The maximum atomic E-state index is 12.9. The molecule has 140 valence electrons. The predicted octanol–water partition coefficient (Wildman–Crippen LogP) is 3.03. The summed E-state index contributed by atoms with van der Waals surface area (Å²) in [6.07, 6.45) is 1.39. The molecule has 1 aliphatic heterocycles. The van der Waals surface area contributed by atoms with Gasteiger partial charge in [-0.25, -0.2) is 16.8 Å². The molecule has 3 rings (SSSR count). The van der Waals surface area contributed by atoms with Crippen molar-refractivity contribution < 1.29 is 16.8 Å². The predicted molar refractivity (Wildman–Crippen MR) is 104 cm³/mol. The summed E-state index contributed by atoms with van der Waals surface area (Å²) in [5.74, 6) is 0.0877. The maximum Gasteiger partial charge on any atom is 0.262 e. The van der Waals surface area contributed by atoms with Crippen LogP contribution in [0.4, 0.5) is 11.4 Å². The molecule has 0 bridgehead atoms. The Bertz CT molecular complexity index is 1030. The van der Waals surface area contributed by atoms with E-state index < -0.39 is 20.0 Å². The molecular weight excluding hydrogens is 372 g/mol. The maximum absolute atomic E-state index is 12.9. The first-order valence-electron chi connectivity index (χ1n) is 8.40. The molecule has 8 heteroatoms. The van der Waals surface area contributed by atoms with Crippen LogP contribution in [-0.4, -0.2) is 29.1 Å². The summed E-state index contributed by atoms with van der Waals surface area (Å²) in [4.78, 5) is 0.0824. The third-order valence-electron chi connectivity index (χ3n) is 4.49. The van der Waals surface area contributed by atoms with Crippen LogP contribution >= 0.6 is 0 Å². The van der Waals surface area contributed by atoms with Gasteiger partial charge in [0.25, 0.3) is 10.0 Å². The van der Waals surface area contributed by atoms with Crippen molar-refractivity contribution in [3.63, 3.8) is 0 Å². The number of benzene rings is 2. The summed E-state index contributed by atoms with van der Waals surface area (Å²) in [6, 6.07) is 11.9. The molecule has 2 aromatic carbocycles. The topological polar surface area (TPSA) is 83.6 Å². The van der Waals surface area contributed by atoms with Gasteiger partial charge in [0.1, 0.15) is 0 Å². The van der Waals surface area contributed by atoms with Crippen molar-refractivity contribution in [2.45, 2.75) is 31.6 Å². The Morgan fingerprint density at radius 1 is 1.00 bits per heavy atom. The van der Waals surface area contributed by atoms with Gasteiger partial charge in [-0.1, -0.05) is 24.3 Å². The fraction of sp³-hybridized carbons (Fsp3) is 0.333. The van der Waals surface area contributed by atoms with Crippen LogP contribution in [-0.2, 0) is 20.0 Å². The van der Waals surface area contributed by atoms with Crippen LogP contribution in [0, 0.1) is 13.8 Å².